The van der Waals surface area contributed by atoms with Crippen LogP contribution in [-0.2, 0) is 17.6 Å². The van der Waals surface area contributed by atoms with Gasteiger partial charge in [-0.05, 0) is 47.9 Å². The molecule has 2 aromatic carbocycles. The molecule has 0 aromatic heterocycles. The maximum Gasteiger partial charge on any atom is 0.330 e. The molecule has 0 heterocycles. The average Bonchev–Trinajstić information content (AvgIpc) is 3.03. The third kappa shape index (κ3) is 3.61. The van der Waals surface area contributed by atoms with Gasteiger partial charge < -0.3 is 15.2 Å². The van der Waals surface area contributed by atoms with Crippen LogP contribution in [0.2, 0.25) is 0 Å². The molecule has 152 valence electrons. The lowest BCUT2D eigenvalue weighted by Gasteiger charge is -2.30. The molecule has 29 heavy (non-hydrogen) atoms. The van der Waals surface area contributed by atoms with Crippen LogP contribution >= 0.6 is 0 Å². The summed E-state index contributed by atoms with van der Waals surface area (Å²) < 4.78 is 6.21. The summed E-state index contributed by atoms with van der Waals surface area (Å²) in [4.78, 5) is 25.5. The Morgan fingerprint density at radius 1 is 1.07 bits per heavy atom. The molecule has 0 unspecified atom stereocenters. The molecular formula is C24H27NO4. The first-order chi connectivity index (χ1) is 13.9. The van der Waals surface area contributed by atoms with Crippen LogP contribution in [0.4, 0.5) is 0 Å². The summed E-state index contributed by atoms with van der Waals surface area (Å²) in [7, 11) is 0. The van der Waals surface area contributed by atoms with E-state index in [1.807, 2.05) is 36.4 Å². The Morgan fingerprint density at radius 2 is 1.72 bits per heavy atom. The van der Waals surface area contributed by atoms with Crippen LogP contribution in [0.5, 0.6) is 5.75 Å². The van der Waals surface area contributed by atoms with E-state index in [0.29, 0.717) is 11.3 Å². The molecule has 5 heteroatoms. The Labute approximate surface area is 171 Å². The van der Waals surface area contributed by atoms with E-state index in [9.17, 15) is 14.7 Å². The Balaban J connectivity index is 1.65. The average molecular weight is 393 g/mol. The van der Waals surface area contributed by atoms with Crippen LogP contribution in [0.3, 0.4) is 0 Å². The lowest BCUT2D eigenvalue weighted by molar-refractivity contribution is -0.144. The summed E-state index contributed by atoms with van der Waals surface area (Å²) in [5, 5.41) is 12.8. The number of fused-ring (bicyclic) bond motifs is 1. The number of para-hydroxylation sites is 1. The zero-order chi connectivity index (χ0) is 20.6. The summed E-state index contributed by atoms with van der Waals surface area (Å²) in [6, 6.07) is 13.2. The highest BCUT2D eigenvalue weighted by Crippen LogP contribution is 2.36. The molecule has 1 amide bonds. The van der Waals surface area contributed by atoms with Gasteiger partial charge in [0, 0.05) is 12.8 Å². The Bertz CT molecular complexity index is 921. The van der Waals surface area contributed by atoms with Gasteiger partial charge in [-0.25, -0.2) is 4.79 Å². The highest BCUT2D eigenvalue weighted by Gasteiger charge is 2.45. The number of hydrogen-bond donors (Lipinski definition) is 2. The summed E-state index contributed by atoms with van der Waals surface area (Å²) in [5.74, 6) is -0.608. The molecule has 0 radical (unpaired) electrons. The maximum absolute atomic E-state index is 13.3. The molecule has 4 rings (SSSR count). The van der Waals surface area contributed by atoms with E-state index in [1.165, 1.54) is 0 Å². The number of benzene rings is 2. The third-order valence-electron chi connectivity index (χ3n) is 6.11. The molecule has 2 aromatic rings. The van der Waals surface area contributed by atoms with E-state index in [1.54, 1.807) is 6.07 Å². The maximum atomic E-state index is 13.3. The van der Waals surface area contributed by atoms with Crippen molar-refractivity contribution in [2.45, 2.75) is 63.5 Å². The second-order valence-electron chi connectivity index (χ2n) is 8.51. The number of amides is 1. The van der Waals surface area contributed by atoms with Crippen molar-refractivity contribution < 1.29 is 19.4 Å². The number of ether oxygens (including phenoxy) is 1. The monoisotopic (exact) mass is 393 g/mol. The lowest BCUT2D eigenvalue weighted by Crippen LogP contribution is -2.55. The first-order valence-corrected chi connectivity index (χ1v) is 10.3. The van der Waals surface area contributed by atoms with E-state index in [4.69, 9.17) is 4.74 Å². The molecule has 2 N–H and O–H groups in total. The van der Waals surface area contributed by atoms with Gasteiger partial charge >= 0.3 is 5.97 Å². The predicted octanol–water partition coefficient (Wildman–Crippen LogP) is 4.09. The third-order valence-corrected chi connectivity index (χ3v) is 6.11. The second-order valence-corrected chi connectivity index (χ2v) is 8.51. The van der Waals surface area contributed by atoms with Crippen LogP contribution in [0.1, 0.15) is 66.1 Å². The number of carboxylic acid groups (broad SMARTS) is 1. The minimum absolute atomic E-state index is 0.130. The zero-order valence-electron chi connectivity index (χ0n) is 16.9. The summed E-state index contributed by atoms with van der Waals surface area (Å²) >= 11 is 0. The van der Waals surface area contributed by atoms with Crippen molar-refractivity contribution >= 4 is 11.9 Å². The first-order valence-electron chi connectivity index (χ1n) is 10.3. The number of carbonyl (C=O) groups excluding carboxylic acids is 1. The van der Waals surface area contributed by atoms with Gasteiger partial charge in [0.2, 0.25) is 0 Å². The van der Waals surface area contributed by atoms with Gasteiger partial charge in [0.25, 0.3) is 5.91 Å². The van der Waals surface area contributed by atoms with Gasteiger partial charge in [-0.3, -0.25) is 4.79 Å². The quantitative estimate of drug-likeness (QED) is 0.775. The fourth-order valence-electron chi connectivity index (χ4n) is 4.17. The molecule has 0 atom stereocenters. The fraction of sp³-hybridized carbons (Fsp3) is 0.417. The smallest absolute Gasteiger partial charge is 0.330 e. The van der Waals surface area contributed by atoms with Gasteiger partial charge in [-0.1, -0.05) is 50.2 Å². The fourth-order valence-corrected chi connectivity index (χ4v) is 4.17. The molecule has 1 fully saturated rings. The molecule has 5 nitrogen and oxygen atoms in total. The molecule has 1 saturated carbocycles. The molecule has 2 aliphatic carbocycles. The molecular weight excluding hydrogens is 366 g/mol. The number of aliphatic carboxylic acids is 1. The van der Waals surface area contributed by atoms with E-state index in [2.05, 4.69) is 19.2 Å². The van der Waals surface area contributed by atoms with Crippen molar-refractivity contribution in [3.8, 4) is 5.75 Å². The van der Waals surface area contributed by atoms with Crippen molar-refractivity contribution in [3.05, 3.63) is 64.7 Å². The Kier molecular flexibility index (Phi) is 5.07. The van der Waals surface area contributed by atoms with E-state index < -0.39 is 17.4 Å². The van der Waals surface area contributed by atoms with Gasteiger partial charge in [0.05, 0.1) is 11.7 Å². The highest BCUT2D eigenvalue weighted by atomic mass is 16.5. The van der Waals surface area contributed by atoms with Crippen molar-refractivity contribution in [2.24, 2.45) is 0 Å². The largest absolute Gasteiger partial charge is 0.489 e. The van der Waals surface area contributed by atoms with Crippen LogP contribution in [0.25, 0.3) is 0 Å². The number of rotatable bonds is 6. The standard InChI is InChI=1S/C24H27NO4/c1-15(2)19-11-6-12-20(21(19)29-18-9-5-10-18)22(26)25-24(23(27)28)13-16-7-3-4-8-17(16)14-24/h3-4,6-8,11-12,15,18H,5,9-10,13-14H2,1-2H3,(H,25,26)(H,27,28). The molecule has 0 spiro atoms. The van der Waals surface area contributed by atoms with Crippen molar-refractivity contribution in [1.29, 1.82) is 0 Å². The van der Waals surface area contributed by atoms with E-state index >= 15 is 0 Å². The minimum Gasteiger partial charge on any atom is -0.489 e. The number of carbonyl (C=O) groups is 2. The molecule has 0 saturated heterocycles. The molecule has 2 aliphatic rings. The number of nitrogens with one attached hydrogen (secondary N) is 1. The van der Waals surface area contributed by atoms with E-state index in [-0.39, 0.29) is 24.9 Å². The van der Waals surface area contributed by atoms with Crippen molar-refractivity contribution in [1.82, 2.24) is 5.32 Å². The van der Waals surface area contributed by atoms with Crippen LogP contribution < -0.4 is 10.1 Å². The zero-order valence-corrected chi connectivity index (χ0v) is 16.9. The van der Waals surface area contributed by atoms with Crippen LogP contribution in [-0.4, -0.2) is 28.6 Å². The molecule has 0 bridgehead atoms. The van der Waals surface area contributed by atoms with Gasteiger partial charge in [-0.2, -0.15) is 0 Å². The van der Waals surface area contributed by atoms with Gasteiger partial charge in [-0.15, -0.1) is 0 Å². The Morgan fingerprint density at radius 3 is 2.24 bits per heavy atom. The first kappa shape index (κ1) is 19.5. The van der Waals surface area contributed by atoms with Crippen molar-refractivity contribution in [2.75, 3.05) is 0 Å². The SMILES string of the molecule is CC(C)c1cccc(C(=O)NC2(C(=O)O)Cc3ccccc3C2)c1OC1CCC1. The molecule has 0 aliphatic heterocycles. The van der Waals surface area contributed by atoms with Crippen LogP contribution in [0.15, 0.2) is 42.5 Å². The highest BCUT2D eigenvalue weighted by molar-refractivity contribution is 6.01. The van der Waals surface area contributed by atoms with Gasteiger partial charge in [0.15, 0.2) is 0 Å². The number of carboxylic acids is 1. The normalized spacial score (nSPS) is 17.5. The van der Waals surface area contributed by atoms with Crippen molar-refractivity contribution in [3.63, 3.8) is 0 Å². The predicted molar refractivity (Wildman–Crippen MR) is 110 cm³/mol. The summed E-state index contributed by atoms with van der Waals surface area (Å²) in [6.45, 7) is 4.13. The van der Waals surface area contributed by atoms with E-state index in [0.717, 1.165) is 36.0 Å². The number of hydrogen-bond acceptors (Lipinski definition) is 3. The lowest BCUT2D eigenvalue weighted by atomic mass is 9.93. The van der Waals surface area contributed by atoms with Gasteiger partial charge in [0.1, 0.15) is 11.3 Å². The van der Waals surface area contributed by atoms with Crippen LogP contribution in [0, 0.1) is 0 Å². The Hall–Kier alpha value is -2.82. The minimum atomic E-state index is -1.33. The summed E-state index contributed by atoms with van der Waals surface area (Å²) in [6.07, 6.45) is 3.81. The topological polar surface area (TPSA) is 75.6 Å². The second kappa shape index (κ2) is 7.54. The summed E-state index contributed by atoms with van der Waals surface area (Å²) in [5.41, 5.74) is 2.00.